The van der Waals surface area contributed by atoms with E-state index >= 15 is 0 Å². The van der Waals surface area contributed by atoms with Gasteiger partial charge >= 0.3 is 0 Å². The third kappa shape index (κ3) is 2.00. The zero-order valence-electron chi connectivity index (χ0n) is 12.8. The molecule has 2 aliphatic rings. The summed E-state index contributed by atoms with van der Waals surface area (Å²) >= 11 is 0. The quantitative estimate of drug-likeness (QED) is 0.939. The van der Waals surface area contributed by atoms with Gasteiger partial charge in [0.1, 0.15) is 17.2 Å². The van der Waals surface area contributed by atoms with Gasteiger partial charge in [0.15, 0.2) is 17.0 Å². The van der Waals surface area contributed by atoms with E-state index in [0.29, 0.717) is 12.5 Å². The molecule has 2 aromatic heterocycles. The van der Waals surface area contributed by atoms with E-state index in [1.54, 1.807) is 0 Å². The topological polar surface area (TPSA) is 64.9 Å². The fourth-order valence-corrected chi connectivity index (χ4v) is 2.96. The molecule has 0 saturated heterocycles. The Hall–Kier alpha value is -1.69. The Morgan fingerprint density at radius 2 is 2.10 bits per heavy atom. The fourth-order valence-electron chi connectivity index (χ4n) is 2.96. The summed E-state index contributed by atoms with van der Waals surface area (Å²) in [5, 5.41) is 3.34. The predicted molar refractivity (Wildman–Crippen MR) is 80.4 cm³/mol. The molecule has 1 aliphatic carbocycles. The molecule has 4 rings (SSSR count). The Kier molecular flexibility index (Phi) is 2.73. The molecule has 0 amide bonds. The second-order valence-electron chi connectivity index (χ2n) is 6.35. The van der Waals surface area contributed by atoms with Crippen LogP contribution in [-0.2, 0) is 16.9 Å². The molecule has 0 aromatic carbocycles. The van der Waals surface area contributed by atoms with Gasteiger partial charge in [-0.25, -0.2) is 15.0 Å². The first-order valence-electron chi connectivity index (χ1n) is 7.76. The number of fused-ring (bicyclic) bond motifs is 3. The average Bonchev–Trinajstić information content (AvgIpc) is 3.21. The normalized spacial score (nSPS) is 20.5. The van der Waals surface area contributed by atoms with Gasteiger partial charge in [0.05, 0.1) is 6.61 Å². The third-order valence-corrected chi connectivity index (χ3v) is 4.21. The lowest BCUT2D eigenvalue weighted by atomic mass is 10.1. The minimum atomic E-state index is -0.373. The standard InChI is InChI=1S/C15H21N5O/c1-4-16-12-10-13(19-11(18-12)9-5-6-9)20-7-8-21-15(2,3)14(20)17-10/h9H,4-8H2,1-3H3,(H,16,18,19). The van der Waals surface area contributed by atoms with Crippen molar-refractivity contribution in [3.63, 3.8) is 0 Å². The third-order valence-electron chi connectivity index (χ3n) is 4.21. The van der Waals surface area contributed by atoms with E-state index in [9.17, 15) is 0 Å². The number of ether oxygens (including phenoxy) is 1. The number of nitrogens with zero attached hydrogens (tertiary/aromatic N) is 4. The van der Waals surface area contributed by atoms with Crippen molar-refractivity contribution < 1.29 is 4.74 Å². The number of hydrogen-bond acceptors (Lipinski definition) is 5. The van der Waals surface area contributed by atoms with E-state index in [1.165, 1.54) is 12.8 Å². The van der Waals surface area contributed by atoms with E-state index in [4.69, 9.17) is 19.7 Å². The van der Waals surface area contributed by atoms with Crippen molar-refractivity contribution in [3.8, 4) is 0 Å². The Labute approximate surface area is 123 Å². The molecule has 3 heterocycles. The summed E-state index contributed by atoms with van der Waals surface area (Å²) < 4.78 is 8.06. The van der Waals surface area contributed by atoms with Gasteiger partial charge in [0.2, 0.25) is 0 Å². The van der Waals surface area contributed by atoms with Crippen molar-refractivity contribution in [3.05, 3.63) is 11.6 Å². The first-order chi connectivity index (χ1) is 10.1. The number of rotatable bonds is 3. The highest BCUT2D eigenvalue weighted by molar-refractivity contribution is 5.84. The molecular weight excluding hydrogens is 266 g/mol. The zero-order chi connectivity index (χ0) is 14.6. The van der Waals surface area contributed by atoms with Crippen LogP contribution in [0.15, 0.2) is 0 Å². The molecule has 1 N–H and O–H groups in total. The average molecular weight is 287 g/mol. The summed E-state index contributed by atoms with van der Waals surface area (Å²) in [5.41, 5.74) is 1.45. The molecule has 112 valence electrons. The van der Waals surface area contributed by atoms with Gasteiger partial charge in [-0.1, -0.05) is 0 Å². The molecule has 6 heteroatoms. The van der Waals surface area contributed by atoms with Crippen molar-refractivity contribution in [2.75, 3.05) is 18.5 Å². The van der Waals surface area contributed by atoms with Crippen LogP contribution in [0.1, 0.15) is 51.2 Å². The lowest BCUT2D eigenvalue weighted by Gasteiger charge is -2.30. The molecule has 1 aliphatic heterocycles. The van der Waals surface area contributed by atoms with E-state index in [2.05, 4.69) is 30.7 Å². The van der Waals surface area contributed by atoms with Crippen LogP contribution in [0.4, 0.5) is 5.82 Å². The summed E-state index contributed by atoms with van der Waals surface area (Å²) in [6.45, 7) is 8.54. The molecule has 6 nitrogen and oxygen atoms in total. The maximum absolute atomic E-state index is 5.86. The molecule has 1 saturated carbocycles. The van der Waals surface area contributed by atoms with Crippen LogP contribution in [0.5, 0.6) is 0 Å². The Morgan fingerprint density at radius 3 is 2.81 bits per heavy atom. The highest BCUT2D eigenvalue weighted by Gasteiger charge is 2.35. The summed E-state index contributed by atoms with van der Waals surface area (Å²) in [6, 6.07) is 0. The molecule has 0 bridgehead atoms. The van der Waals surface area contributed by atoms with E-state index in [0.717, 1.165) is 41.7 Å². The van der Waals surface area contributed by atoms with Gasteiger partial charge in [0.25, 0.3) is 0 Å². The zero-order valence-corrected chi connectivity index (χ0v) is 12.8. The van der Waals surface area contributed by atoms with Crippen molar-refractivity contribution >= 4 is 17.0 Å². The molecule has 0 radical (unpaired) electrons. The lowest BCUT2D eigenvalue weighted by Crippen LogP contribution is -2.33. The van der Waals surface area contributed by atoms with Crippen LogP contribution in [-0.4, -0.2) is 32.7 Å². The number of anilines is 1. The van der Waals surface area contributed by atoms with E-state index in [1.807, 2.05) is 0 Å². The highest BCUT2D eigenvalue weighted by Crippen LogP contribution is 2.40. The van der Waals surface area contributed by atoms with E-state index in [-0.39, 0.29) is 5.60 Å². The Balaban J connectivity index is 1.96. The van der Waals surface area contributed by atoms with Gasteiger partial charge in [-0.3, -0.25) is 0 Å². The van der Waals surface area contributed by atoms with Crippen LogP contribution in [0.3, 0.4) is 0 Å². The minimum absolute atomic E-state index is 0.373. The second-order valence-corrected chi connectivity index (χ2v) is 6.35. The summed E-state index contributed by atoms with van der Waals surface area (Å²) in [4.78, 5) is 14.3. The largest absolute Gasteiger partial charge is 0.368 e. The monoisotopic (exact) mass is 287 g/mol. The van der Waals surface area contributed by atoms with Crippen molar-refractivity contribution in [1.29, 1.82) is 0 Å². The van der Waals surface area contributed by atoms with Crippen LogP contribution in [0.2, 0.25) is 0 Å². The number of nitrogens with one attached hydrogen (secondary N) is 1. The Morgan fingerprint density at radius 1 is 1.29 bits per heavy atom. The van der Waals surface area contributed by atoms with Gasteiger partial charge in [-0.05, 0) is 33.6 Å². The van der Waals surface area contributed by atoms with Crippen LogP contribution < -0.4 is 5.32 Å². The van der Waals surface area contributed by atoms with Crippen LogP contribution in [0.25, 0.3) is 11.2 Å². The first-order valence-corrected chi connectivity index (χ1v) is 7.76. The van der Waals surface area contributed by atoms with Gasteiger partial charge in [0, 0.05) is 19.0 Å². The molecule has 21 heavy (non-hydrogen) atoms. The predicted octanol–water partition coefficient (Wildman–Crippen LogP) is 2.40. The molecule has 0 spiro atoms. The first kappa shape index (κ1) is 13.0. The maximum Gasteiger partial charge on any atom is 0.166 e. The summed E-state index contributed by atoms with van der Waals surface area (Å²) in [6.07, 6.45) is 2.40. The Bertz CT molecular complexity index is 702. The van der Waals surface area contributed by atoms with Gasteiger partial charge in [-0.2, -0.15) is 0 Å². The minimum Gasteiger partial charge on any atom is -0.368 e. The summed E-state index contributed by atoms with van der Waals surface area (Å²) in [5.74, 6) is 3.31. The number of imidazole rings is 1. The fraction of sp³-hybridized carbons (Fsp3) is 0.667. The SMILES string of the molecule is CCNc1nc(C2CC2)nc2c1nc1n2CCOC1(C)C. The van der Waals surface area contributed by atoms with Gasteiger partial charge in [-0.15, -0.1) is 0 Å². The molecule has 2 aromatic rings. The van der Waals surface area contributed by atoms with Crippen molar-refractivity contribution in [2.45, 2.75) is 51.7 Å². The van der Waals surface area contributed by atoms with Gasteiger partial charge < -0.3 is 14.6 Å². The summed E-state index contributed by atoms with van der Waals surface area (Å²) in [7, 11) is 0. The van der Waals surface area contributed by atoms with Crippen molar-refractivity contribution in [1.82, 2.24) is 19.5 Å². The van der Waals surface area contributed by atoms with Crippen molar-refractivity contribution in [2.24, 2.45) is 0 Å². The highest BCUT2D eigenvalue weighted by atomic mass is 16.5. The van der Waals surface area contributed by atoms with E-state index < -0.39 is 0 Å². The second kappa shape index (κ2) is 4.40. The van der Waals surface area contributed by atoms with Crippen LogP contribution >= 0.6 is 0 Å². The lowest BCUT2D eigenvalue weighted by molar-refractivity contribution is -0.0530. The molecular formula is C15H21N5O. The number of aromatic nitrogens is 4. The smallest absolute Gasteiger partial charge is 0.166 e. The molecule has 0 atom stereocenters. The maximum atomic E-state index is 5.86. The molecule has 0 unspecified atom stereocenters. The number of hydrogen-bond donors (Lipinski definition) is 1. The van der Waals surface area contributed by atoms with Crippen LogP contribution in [0, 0.1) is 0 Å². The molecule has 1 fully saturated rings.